The zero-order valence-corrected chi connectivity index (χ0v) is 21.5. The maximum Gasteiger partial charge on any atom is 0.167 e. The molecule has 2 aromatic rings. The highest BCUT2D eigenvalue weighted by molar-refractivity contribution is 5.54. The van der Waals surface area contributed by atoms with Gasteiger partial charge in [0.25, 0.3) is 0 Å². The summed E-state index contributed by atoms with van der Waals surface area (Å²) in [5.74, 6) is 2.81. The standard InChI is InChI=1S/C26H40N2O6/c1-27(2,3)21-7-9-23-25(19-21)33-17-13-29-12-16-32-24-10-8-22(28(4,5)6)20-26(24)34-18-14-30-11-15-31-23/h7-10,19-20H,11-18H2,1-6H3/q+2. The minimum absolute atomic E-state index is 0.417. The van der Waals surface area contributed by atoms with Gasteiger partial charge in [-0.25, -0.2) is 0 Å². The second kappa shape index (κ2) is 11.8. The minimum Gasteiger partial charge on any atom is -0.487 e. The second-order valence-corrected chi connectivity index (χ2v) is 9.91. The van der Waals surface area contributed by atoms with Crippen LogP contribution in [0.5, 0.6) is 23.0 Å². The van der Waals surface area contributed by atoms with Crippen LogP contribution in [0.4, 0.5) is 11.4 Å². The maximum atomic E-state index is 6.01. The third kappa shape index (κ3) is 7.77. The molecule has 34 heavy (non-hydrogen) atoms. The number of rotatable bonds is 2. The monoisotopic (exact) mass is 476 g/mol. The number of quaternary nitrogens is 2. The van der Waals surface area contributed by atoms with Gasteiger partial charge in [0.1, 0.15) is 37.8 Å². The van der Waals surface area contributed by atoms with E-state index in [1.54, 1.807) is 0 Å². The van der Waals surface area contributed by atoms with E-state index >= 15 is 0 Å². The Morgan fingerprint density at radius 2 is 0.765 bits per heavy atom. The van der Waals surface area contributed by atoms with Gasteiger partial charge >= 0.3 is 0 Å². The van der Waals surface area contributed by atoms with E-state index < -0.39 is 0 Å². The Labute approximate surface area is 203 Å². The van der Waals surface area contributed by atoms with Crippen LogP contribution < -0.4 is 27.9 Å². The molecule has 0 amide bonds. The van der Waals surface area contributed by atoms with Crippen LogP contribution in [-0.2, 0) is 9.47 Å². The van der Waals surface area contributed by atoms with Crippen molar-refractivity contribution in [3.8, 4) is 23.0 Å². The molecule has 0 unspecified atom stereocenters. The Morgan fingerprint density at radius 3 is 1.09 bits per heavy atom. The first-order valence-corrected chi connectivity index (χ1v) is 11.7. The van der Waals surface area contributed by atoms with Crippen molar-refractivity contribution >= 4 is 11.4 Å². The summed E-state index contributed by atoms with van der Waals surface area (Å²) in [7, 11) is 12.7. The van der Waals surface area contributed by atoms with E-state index in [0.29, 0.717) is 84.8 Å². The third-order valence-electron chi connectivity index (χ3n) is 5.34. The van der Waals surface area contributed by atoms with Gasteiger partial charge in [-0.1, -0.05) is 0 Å². The molecule has 0 aromatic heterocycles. The summed E-state index contributed by atoms with van der Waals surface area (Å²) in [6.45, 7) is 3.47. The van der Waals surface area contributed by atoms with E-state index in [-0.39, 0.29) is 0 Å². The van der Waals surface area contributed by atoms with Crippen molar-refractivity contribution < 1.29 is 28.4 Å². The van der Waals surface area contributed by atoms with Crippen LogP contribution in [-0.4, -0.2) is 95.1 Å². The molecule has 1 aliphatic heterocycles. The lowest BCUT2D eigenvalue weighted by Crippen LogP contribution is -2.34. The van der Waals surface area contributed by atoms with Gasteiger partial charge in [0, 0.05) is 24.3 Å². The molecule has 8 heteroatoms. The van der Waals surface area contributed by atoms with Crippen LogP contribution in [0.3, 0.4) is 0 Å². The second-order valence-electron chi connectivity index (χ2n) is 9.91. The summed E-state index contributed by atoms with van der Waals surface area (Å²) in [6, 6.07) is 12.1. The highest BCUT2D eigenvalue weighted by Crippen LogP contribution is 2.34. The molecular formula is C26H40N2O6+2. The lowest BCUT2D eigenvalue weighted by Gasteiger charge is -2.25. The van der Waals surface area contributed by atoms with Crippen LogP contribution in [0.1, 0.15) is 0 Å². The summed E-state index contributed by atoms with van der Waals surface area (Å²) in [6.07, 6.45) is 0. The van der Waals surface area contributed by atoms with E-state index in [4.69, 9.17) is 28.4 Å². The molecule has 188 valence electrons. The first kappa shape index (κ1) is 26.1. The SMILES string of the molecule is C[N+](C)(C)c1ccc2c(c1)OCCOCCOc1ccc([N+](C)(C)C)cc1OCCOCCO2. The highest BCUT2D eigenvalue weighted by Gasteiger charge is 2.18. The van der Waals surface area contributed by atoms with Gasteiger partial charge < -0.3 is 28.4 Å². The zero-order chi connectivity index (χ0) is 24.6. The van der Waals surface area contributed by atoms with E-state index in [1.165, 1.54) is 0 Å². The predicted octanol–water partition coefficient (Wildman–Crippen LogP) is 3.34. The number of benzene rings is 2. The maximum absolute atomic E-state index is 6.01. The molecule has 0 aliphatic carbocycles. The number of fused-ring (bicyclic) bond motifs is 2. The molecule has 0 saturated carbocycles. The van der Waals surface area contributed by atoms with Crippen molar-refractivity contribution in [1.82, 2.24) is 8.97 Å². The number of hydrogen-bond acceptors (Lipinski definition) is 6. The van der Waals surface area contributed by atoms with E-state index in [2.05, 4.69) is 54.4 Å². The Hall–Kier alpha value is -2.52. The summed E-state index contributed by atoms with van der Waals surface area (Å²) in [5, 5.41) is 0. The van der Waals surface area contributed by atoms with Gasteiger partial charge in [-0.3, -0.25) is 8.97 Å². The van der Waals surface area contributed by atoms with Gasteiger partial charge in [-0.15, -0.1) is 0 Å². The van der Waals surface area contributed by atoms with Crippen LogP contribution in [0.15, 0.2) is 36.4 Å². The lowest BCUT2D eigenvalue weighted by atomic mass is 10.2. The predicted molar refractivity (Wildman–Crippen MR) is 136 cm³/mol. The zero-order valence-electron chi connectivity index (χ0n) is 21.5. The summed E-state index contributed by atoms with van der Waals surface area (Å²) >= 11 is 0. The van der Waals surface area contributed by atoms with Gasteiger partial charge in [0.2, 0.25) is 0 Å². The summed E-state index contributed by atoms with van der Waals surface area (Å²) in [5.41, 5.74) is 2.25. The average Bonchev–Trinajstić information content (AvgIpc) is 2.77. The average molecular weight is 477 g/mol. The van der Waals surface area contributed by atoms with Crippen molar-refractivity contribution in [3.63, 3.8) is 0 Å². The van der Waals surface area contributed by atoms with Gasteiger partial charge in [0.05, 0.1) is 68.7 Å². The fourth-order valence-electron chi connectivity index (χ4n) is 3.34. The molecule has 0 bridgehead atoms. The van der Waals surface area contributed by atoms with Gasteiger partial charge in [-0.2, -0.15) is 0 Å². The van der Waals surface area contributed by atoms with E-state index in [9.17, 15) is 0 Å². The Kier molecular flexibility index (Phi) is 9.02. The van der Waals surface area contributed by atoms with Crippen LogP contribution in [0.25, 0.3) is 0 Å². The lowest BCUT2D eigenvalue weighted by molar-refractivity contribution is 0.0640. The first-order chi connectivity index (χ1) is 16.1. The van der Waals surface area contributed by atoms with Gasteiger partial charge in [0.15, 0.2) is 23.0 Å². The molecule has 0 saturated heterocycles. The smallest absolute Gasteiger partial charge is 0.167 e. The third-order valence-corrected chi connectivity index (χ3v) is 5.34. The summed E-state index contributed by atoms with van der Waals surface area (Å²) < 4.78 is 36.7. The molecule has 0 spiro atoms. The molecule has 0 radical (unpaired) electrons. The molecular weight excluding hydrogens is 436 g/mol. The largest absolute Gasteiger partial charge is 0.487 e. The quantitative estimate of drug-likeness (QED) is 0.620. The Balaban J connectivity index is 1.66. The van der Waals surface area contributed by atoms with Crippen molar-refractivity contribution in [2.24, 2.45) is 0 Å². The van der Waals surface area contributed by atoms with Crippen molar-refractivity contribution in [2.45, 2.75) is 0 Å². The molecule has 0 atom stereocenters. The molecule has 8 nitrogen and oxygen atoms in total. The van der Waals surface area contributed by atoms with Crippen LogP contribution in [0, 0.1) is 0 Å². The van der Waals surface area contributed by atoms with Crippen molar-refractivity contribution in [3.05, 3.63) is 36.4 Å². The van der Waals surface area contributed by atoms with Crippen molar-refractivity contribution in [1.29, 1.82) is 0 Å². The topological polar surface area (TPSA) is 55.4 Å². The number of hydrogen-bond donors (Lipinski definition) is 0. The van der Waals surface area contributed by atoms with Crippen LogP contribution in [0.2, 0.25) is 0 Å². The number of ether oxygens (including phenoxy) is 6. The first-order valence-electron chi connectivity index (χ1n) is 11.7. The molecule has 2 aromatic carbocycles. The van der Waals surface area contributed by atoms with Gasteiger partial charge in [-0.05, 0) is 12.1 Å². The van der Waals surface area contributed by atoms with Crippen molar-refractivity contribution in [2.75, 3.05) is 95.1 Å². The Bertz CT molecular complexity index is 845. The normalized spacial score (nSPS) is 16.9. The number of nitrogens with zero attached hydrogens (tertiary/aromatic N) is 2. The van der Waals surface area contributed by atoms with E-state index in [0.717, 1.165) is 11.4 Å². The molecule has 3 rings (SSSR count). The summed E-state index contributed by atoms with van der Waals surface area (Å²) in [4.78, 5) is 0. The van der Waals surface area contributed by atoms with Crippen LogP contribution >= 0.6 is 0 Å². The molecule has 1 aliphatic rings. The molecule has 1 heterocycles. The Morgan fingerprint density at radius 1 is 0.441 bits per heavy atom. The molecule has 0 N–H and O–H groups in total. The van der Waals surface area contributed by atoms with E-state index in [1.807, 2.05) is 24.3 Å². The minimum atomic E-state index is 0.417. The fourth-order valence-corrected chi connectivity index (χ4v) is 3.34. The fraction of sp³-hybridized carbons (Fsp3) is 0.538. The highest BCUT2D eigenvalue weighted by atomic mass is 16.6. The molecule has 0 fully saturated rings.